The molecular weight excluding hydrogens is 719 g/mol. The molecular formula is C36H41ClF3N7O6. The summed E-state index contributed by atoms with van der Waals surface area (Å²) in [6, 6.07) is 11.1. The number of ketones is 1. The van der Waals surface area contributed by atoms with Crippen molar-refractivity contribution >= 4 is 52.8 Å². The van der Waals surface area contributed by atoms with Crippen LogP contribution in [0.4, 0.5) is 30.8 Å². The number of halogens is 4. The normalized spacial score (nSPS) is 16.4. The van der Waals surface area contributed by atoms with Gasteiger partial charge in [0.2, 0.25) is 17.7 Å². The minimum absolute atomic E-state index is 0.0216. The van der Waals surface area contributed by atoms with Crippen molar-refractivity contribution in [3.8, 4) is 6.01 Å². The van der Waals surface area contributed by atoms with Crippen molar-refractivity contribution in [2.24, 2.45) is 5.92 Å². The zero-order valence-corrected chi connectivity index (χ0v) is 30.0. The minimum Gasteiger partial charge on any atom is -0.467 e. The van der Waals surface area contributed by atoms with Crippen LogP contribution in [-0.2, 0) is 24.7 Å². The van der Waals surface area contributed by atoms with Gasteiger partial charge in [0, 0.05) is 28.7 Å². The molecule has 0 spiro atoms. The van der Waals surface area contributed by atoms with E-state index >= 15 is 0 Å². The van der Waals surface area contributed by atoms with Crippen molar-refractivity contribution in [1.82, 2.24) is 25.6 Å². The van der Waals surface area contributed by atoms with Gasteiger partial charge in [0.25, 0.3) is 11.8 Å². The fourth-order valence-corrected chi connectivity index (χ4v) is 6.29. The first-order valence-corrected chi connectivity index (χ1v) is 17.7. The van der Waals surface area contributed by atoms with E-state index in [2.05, 4.69) is 36.2 Å². The third kappa shape index (κ3) is 11.2. The smallest absolute Gasteiger partial charge is 0.422 e. The zero-order chi connectivity index (χ0) is 38.2. The number of aromatic nitrogens is 3. The van der Waals surface area contributed by atoms with Gasteiger partial charge in [-0.25, -0.2) is 4.79 Å². The van der Waals surface area contributed by atoms with Crippen LogP contribution in [-0.4, -0.2) is 70.5 Å². The number of nitrogens with one attached hydrogen (secondary N) is 4. The number of carbonyl (C=O) groups excluding carboxylic acids is 4. The molecule has 2 saturated carbocycles. The van der Waals surface area contributed by atoms with Gasteiger partial charge in [-0.2, -0.15) is 28.1 Å². The summed E-state index contributed by atoms with van der Waals surface area (Å²) in [5.41, 5.74) is 0.854. The molecule has 0 radical (unpaired) electrons. The second-order valence-electron chi connectivity index (χ2n) is 13.3. The van der Waals surface area contributed by atoms with Crippen LogP contribution in [0, 0.1) is 5.92 Å². The van der Waals surface area contributed by atoms with Gasteiger partial charge in [0.1, 0.15) is 6.04 Å². The van der Waals surface area contributed by atoms with E-state index in [1.54, 1.807) is 12.1 Å². The Hall–Kier alpha value is -4.99. The van der Waals surface area contributed by atoms with Gasteiger partial charge in [-0.3, -0.25) is 14.4 Å². The summed E-state index contributed by atoms with van der Waals surface area (Å²) in [5.74, 6) is -2.70. The fraction of sp³-hybridized carbons (Fsp3) is 0.472. The second-order valence-corrected chi connectivity index (χ2v) is 13.7. The van der Waals surface area contributed by atoms with E-state index in [4.69, 9.17) is 21.1 Å². The number of anilines is 3. The number of rotatable bonds is 16. The lowest BCUT2D eigenvalue weighted by molar-refractivity contribution is -0.154. The van der Waals surface area contributed by atoms with E-state index in [1.165, 1.54) is 24.3 Å². The molecule has 284 valence electrons. The van der Waals surface area contributed by atoms with Crippen LogP contribution in [0.1, 0.15) is 80.6 Å². The van der Waals surface area contributed by atoms with Crippen LogP contribution in [0.5, 0.6) is 6.01 Å². The first-order valence-electron chi connectivity index (χ1n) is 17.3. The van der Waals surface area contributed by atoms with Crippen LogP contribution >= 0.6 is 11.6 Å². The lowest BCUT2D eigenvalue weighted by atomic mass is 9.84. The van der Waals surface area contributed by atoms with Gasteiger partial charge in [-0.1, -0.05) is 43.0 Å². The van der Waals surface area contributed by atoms with Crippen molar-refractivity contribution in [3.63, 3.8) is 0 Å². The number of benzene rings is 2. The Bertz CT molecular complexity index is 1770. The molecule has 2 aromatic carbocycles. The summed E-state index contributed by atoms with van der Waals surface area (Å²) >= 11 is 6.03. The SMILES string of the molecule is COC(=O)[C@H](CCC(=O)C(=O)N[C@H](C)C1CCCCC1)NC(=O)c1ccc(Nc2nc(NC3(c4ccc(Cl)cc4)CC3)nc(OCC(F)(F)F)n2)cc1. The third-order valence-corrected chi connectivity index (χ3v) is 9.55. The number of amides is 2. The standard InChI is InChI=1S/C36H41ClF3N7O6/c1-21(22-6-4-3-5-7-22)41-30(50)28(48)17-16-27(31(51)52-2)43-29(49)23-8-14-26(15-9-23)42-32-44-33(46-34(45-32)53-20-36(38,39)40)47-35(18-19-35)24-10-12-25(37)13-11-24/h8-15,21-22,27H,3-7,16-20H2,1-2H3,(H,41,50)(H,43,49)(H2,42,44,45,46,47)/t21-,27+/m1/s1. The number of methoxy groups -OCH3 is 1. The average molecular weight is 760 g/mol. The number of hydrogen-bond acceptors (Lipinski definition) is 11. The molecule has 2 fully saturated rings. The first-order chi connectivity index (χ1) is 25.2. The van der Waals surface area contributed by atoms with Crippen LogP contribution < -0.4 is 26.0 Å². The molecule has 0 aliphatic heterocycles. The van der Waals surface area contributed by atoms with E-state index in [9.17, 15) is 32.3 Å². The third-order valence-electron chi connectivity index (χ3n) is 9.30. The molecule has 3 aromatic rings. The molecule has 5 rings (SSSR count). The number of carbonyl (C=O) groups is 4. The number of alkyl halides is 3. The Balaban J connectivity index is 1.21. The summed E-state index contributed by atoms with van der Waals surface area (Å²) in [5, 5.41) is 12.0. The Morgan fingerprint density at radius 1 is 0.925 bits per heavy atom. The molecule has 0 unspecified atom stereocenters. The summed E-state index contributed by atoms with van der Waals surface area (Å²) in [4.78, 5) is 63.1. The zero-order valence-electron chi connectivity index (χ0n) is 29.2. The Morgan fingerprint density at radius 2 is 1.58 bits per heavy atom. The first kappa shape index (κ1) is 39.2. The number of esters is 1. The van der Waals surface area contributed by atoms with Gasteiger partial charge >= 0.3 is 18.2 Å². The van der Waals surface area contributed by atoms with E-state index in [1.807, 2.05) is 19.1 Å². The molecule has 53 heavy (non-hydrogen) atoms. The van der Waals surface area contributed by atoms with Crippen molar-refractivity contribution in [3.05, 3.63) is 64.7 Å². The number of hydrogen-bond donors (Lipinski definition) is 4. The topological polar surface area (TPSA) is 174 Å². The molecule has 13 nitrogen and oxygen atoms in total. The Morgan fingerprint density at radius 3 is 2.21 bits per heavy atom. The summed E-state index contributed by atoms with van der Waals surface area (Å²) in [7, 11) is 1.15. The number of nitrogens with zero attached hydrogens (tertiary/aromatic N) is 3. The lowest BCUT2D eigenvalue weighted by Crippen LogP contribution is -2.44. The van der Waals surface area contributed by atoms with E-state index in [-0.39, 0.29) is 36.3 Å². The molecule has 2 amide bonds. The Labute approximate surface area is 309 Å². The molecule has 17 heteroatoms. The minimum atomic E-state index is -4.63. The second kappa shape index (κ2) is 17.2. The van der Waals surface area contributed by atoms with Crippen LogP contribution in [0.2, 0.25) is 5.02 Å². The highest BCUT2D eigenvalue weighted by atomic mass is 35.5. The predicted octanol–water partition coefficient (Wildman–Crippen LogP) is 6.02. The quantitative estimate of drug-likeness (QED) is 0.0994. The molecule has 1 aromatic heterocycles. The maximum atomic E-state index is 13.1. The summed E-state index contributed by atoms with van der Waals surface area (Å²) in [6.45, 7) is 0.269. The number of ether oxygens (including phenoxy) is 2. The molecule has 1 heterocycles. The maximum Gasteiger partial charge on any atom is 0.422 e. The molecule has 0 saturated heterocycles. The highest BCUT2D eigenvalue weighted by Gasteiger charge is 2.45. The monoisotopic (exact) mass is 759 g/mol. The van der Waals surface area contributed by atoms with Gasteiger partial charge in [-0.15, -0.1) is 0 Å². The van der Waals surface area contributed by atoms with Crippen LogP contribution in [0.25, 0.3) is 0 Å². The van der Waals surface area contributed by atoms with Crippen molar-refractivity contribution < 1.29 is 41.8 Å². The molecule has 4 N–H and O–H groups in total. The van der Waals surface area contributed by atoms with Gasteiger partial charge < -0.3 is 30.7 Å². The lowest BCUT2D eigenvalue weighted by Gasteiger charge is -2.28. The molecule has 0 bridgehead atoms. The molecule has 2 aliphatic rings. The maximum absolute atomic E-state index is 13.1. The summed E-state index contributed by atoms with van der Waals surface area (Å²) in [6.07, 6.45) is 1.69. The highest BCUT2D eigenvalue weighted by Crippen LogP contribution is 2.48. The van der Waals surface area contributed by atoms with Crippen LogP contribution in [0.3, 0.4) is 0 Å². The van der Waals surface area contributed by atoms with Gasteiger partial charge in [0.15, 0.2) is 6.61 Å². The van der Waals surface area contributed by atoms with Crippen molar-refractivity contribution in [1.29, 1.82) is 0 Å². The number of Topliss-reactive ketones (excluding diaryl/α,β-unsaturated/α-hetero) is 1. The highest BCUT2D eigenvalue weighted by molar-refractivity contribution is 6.36. The molecule has 2 aliphatic carbocycles. The molecule has 2 atom stereocenters. The largest absolute Gasteiger partial charge is 0.467 e. The van der Waals surface area contributed by atoms with Gasteiger partial charge in [-0.05, 0) is 86.9 Å². The van der Waals surface area contributed by atoms with Gasteiger partial charge in [0.05, 0.1) is 12.6 Å². The van der Waals surface area contributed by atoms with E-state index in [0.717, 1.165) is 44.8 Å². The summed E-state index contributed by atoms with van der Waals surface area (Å²) < 4.78 is 48.5. The average Bonchev–Trinajstić information content (AvgIpc) is 3.92. The van der Waals surface area contributed by atoms with E-state index in [0.29, 0.717) is 29.5 Å². The predicted molar refractivity (Wildman–Crippen MR) is 189 cm³/mol. The van der Waals surface area contributed by atoms with E-state index < -0.39 is 53.9 Å². The van der Waals surface area contributed by atoms with Crippen molar-refractivity contribution in [2.45, 2.75) is 88.5 Å². The fourth-order valence-electron chi connectivity index (χ4n) is 6.17. The Kier molecular flexibility index (Phi) is 12.7. The van der Waals surface area contributed by atoms with Crippen molar-refractivity contribution in [2.75, 3.05) is 24.4 Å². The van der Waals surface area contributed by atoms with Crippen LogP contribution in [0.15, 0.2) is 48.5 Å².